The molecule has 0 aliphatic rings. The third kappa shape index (κ3) is 5.15. The molecule has 3 N–H and O–H groups in total. The van der Waals surface area contributed by atoms with E-state index in [0.29, 0.717) is 22.6 Å². The van der Waals surface area contributed by atoms with Crippen LogP contribution in [0.2, 0.25) is 0 Å². The lowest BCUT2D eigenvalue weighted by molar-refractivity contribution is 0.102. The van der Waals surface area contributed by atoms with Gasteiger partial charge in [0.15, 0.2) is 11.6 Å². The fourth-order valence-electron chi connectivity index (χ4n) is 2.70. The summed E-state index contributed by atoms with van der Waals surface area (Å²) < 4.78 is 27.2. The van der Waals surface area contributed by atoms with Gasteiger partial charge in [-0.2, -0.15) is 4.98 Å². The molecule has 0 fully saturated rings. The molecule has 4 rings (SSSR count). The topological polar surface area (TPSA) is 91.8 Å². The zero-order chi connectivity index (χ0) is 21.6. The number of carbonyl (C=O) groups is 1. The summed E-state index contributed by atoms with van der Waals surface area (Å²) in [7, 11) is 0. The summed E-state index contributed by atoms with van der Waals surface area (Å²) in [6.07, 6.45) is 4.10. The minimum Gasteiger partial charge on any atom is -0.338 e. The summed E-state index contributed by atoms with van der Waals surface area (Å²) in [5.41, 5.74) is 2.10. The van der Waals surface area contributed by atoms with E-state index in [1.165, 1.54) is 36.7 Å². The molecule has 31 heavy (non-hydrogen) atoms. The van der Waals surface area contributed by atoms with Crippen LogP contribution in [0.3, 0.4) is 0 Å². The van der Waals surface area contributed by atoms with E-state index < -0.39 is 11.6 Å². The van der Waals surface area contributed by atoms with Crippen LogP contribution in [0.15, 0.2) is 79.3 Å². The van der Waals surface area contributed by atoms with Gasteiger partial charge in [0, 0.05) is 35.0 Å². The van der Waals surface area contributed by atoms with Gasteiger partial charge in [0.2, 0.25) is 5.95 Å². The Hall–Kier alpha value is -4.40. The van der Waals surface area contributed by atoms with E-state index in [-0.39, 0.29) is 17.7 Å². The Bertz CT molecular complexity index is 1200. The van der Waals surface area contributed by atoms with E-state index in [9.17, 15) is 13.6 Å². The van der Waals surface area contributed by atoms with Crippen molar-refractivity contribution in [1.82, 2.24) is 15.0 Å². The summed E-state index contributed by atoms with van der Waals surface area (Å²) in [5, 5.41) is 8.55. The Labute approximate surface area is 176 Å². The van der Waals surface area contributed by atoms with Gasteiger partial charge < -0.3 is 16.0 Å². The van der Waals surface area contributed by atoms with Crippen molar-refractivity contribution in [2.24, 2.45) is 0 Å². The number of rotatable bonds is 6. The molecule has 0 unspecified atom stereocenters. The minimum absolute atomic E-state index is 0.0637. The highest BCUT2D eigenvalue weighted by molar-refractivity contribution is 6.04. The first-order valence-corrected chi connectivity index (χ1v) is 9.20. The van der Waals surface area contributed by atoms with Crippen LogP contribution in [-0.2, 0) is 0 Å². The van der Waals surface area contributed by atoms with Crippen molar-refractivity contribution < 1.29 is 13.6 Å². The molecule has 0 spiro atoms. The number of anilines is 5. The van der Waals surface area contributed by atoms with Gasteiger partial charge in [0.05, 0.1) is 6.20 Å². The van der Waals surface area contributed by atoms with Gasteiger partial charge >= 0.3 is 0 Å². The lowest BCUT2D eigenvalue weighted by Gasteiger charge is -2.11. The Morgan fingerprint density at radius 1 is 0.839 bits per heavy atom. The second kappa shape index (κ2) is 8.95. The average molecular weight is 418 g/mol. The van der Waals surface area contributed by atoms with Gasteiger partial charge in [-0.25, -0.2) is 13.8 Å². The maximum absolute atomic E-state index is 14.1. The highest BCUT2D eigenvalue weighted by Crippen LogP contribution is 2.22. The summed E-state index contributed by atoms with van der Waals surface area (Å²) >= 11 is 0. The van der Waals surface area contributed by atoms with E-state index >= 15 is 0 Å². The predicted molar refractivity (Wildman–Crippen MR) is 114 cm³/mol. The molecule has 4 aromatic rings. The lowest BCUT2D eigenvalue weighted by atomic mass is 10.2. The number of amides is 1. The van der Waals surface area contributed by atoms with Gasteiger partial charge in [-0.15, -0.1) is 0 Å². The smallest absolute Gasteiger partial charge is 0.255 e. The molecule has 7 nitrogen and oxygen atoms in total. The molecular weight excluding hydrogens is 402 g/mol. The van der Waals surface area contributed by atoms with Gasteiger partial charge in [-0.05, 0) is 54.6 Å². The van der Waals surface area contributed by atoms with E-state index in [0.717, 1.165) is 6.20 Å². The fraction of sp³-hybridized carbons (Fsp3) is 0. The second-order valence-corrected chi connectivity index (χ2v) is 6.42. The van der Waals surface area contributed by atoms with E-state index in [1.807, 2.05) is 0 Å². The molecule has 0 aliphatic carbocycles. The fourth-order valence-corrected chi connectivity index (χ4v) is 2.70. The number of carbonyl (C=O) groups excluding carboxylic acids is 1. The van der Waals surface area contributed by atoms with Crippen molar-refractivity contribution in [3.05, 3.63) is 96.5 Å². The average Bonchev–Trinajstić information content (AvgIpc) is 2.78. The van der Waals surface area contributed by atoms with Crippen LogP contribution in [0, 0.1) is 11.6 Å². The second-order valence-electron chi connectivity index (χ2n) is 6.42. The predicted octanol–water partition coefficient (Wildman–Crippen LogP) is 4.89. The Balaban J connectivity index is 1.48. The van der Waals surface area contributed by atoms with Crippen LogP contribution < -0.4 is 16.0 Å². The summed E-state index contributed by atoms with van der Waals surface area (Å²) in [5.74, 6) is -1.25. The Morgan fingerprint density at radius 3 is 2.35 bits per heavy atom. The molecule has 1 amide bonds. The number of nitrogens with one attached hydrogen (secondary N) is 3. The third-order valence-corrected chi connectivity index (χ3v) is 4.17. The molecule has 0 saturated heterocycles. The summed E-state index contributed by atoms with van der Waals surface area (Å²) in [6.45, 7) is 0. The first-order chi connectivity index (χ1) is 15.1. The molecule has 2 aromatic heterocycles. The van der Waals surface area contributed by atoms with Crippen molar-refractivity contribution in [3.8, 4) is 0 Å². The standard InChI is InChI=1S/C22H16F2N6O/c23-15-4-6-16(7-5-15)27-20-19(24)13-26-22(30-20)29-18-3-1-2-17(12-18)28-21(31)14-8-10-25-11-9-14/h1-13H,(H,28,31)(H2,26,27,29,30). The molecule has 0 radical (unpaired) electrons. The van der Waals surface area contributed by atoms with E-state index in [2.05, 4.69) is 30.9 Å². The van der Waals surface area contributed by atoms with Gasteiger partial charge in [-0.3, -0.25) is 9.78 Å². The van der Waals surface area contributed by atoms with Crippen LogP contribution in [-0.4, -0.2) is 20.9 Å². The molecule has 0 aliphatic heterocycles. The highest BCUT2D eigenvalue weighted by Gasteiger charge is 2.09. The molecule has 0 saturated carbocycles. The molecule has 0 bridgehead atoms. The molecule has 2 heterocycles. The van der Waals surface area contributed by atoms with Crippen LogP contribution >= 0.6 is 0 Å². The molecular formula is C22H16F2N6O. The lowest BCUT2D eigenvalue weighted by Crippen LogP contribution is -2.12. The zero-order valence-electron chi connectivity index (χ0n) is 16.0. The van der Waals surface area contributed by atoms with Crippen LogP contribution in [0.25, 0.3) is 0 Å². The molecule has 154 valence electrons. The number of pyridine rings is 1. The van der Waals surface area contributed by atoms with Crippen LogP contribution in [0.1, 0.15) is 10.4 Å². The largest absolute Gasteiger partial charge is 0.338 e. The Kier molecular flexibility index (Phi) is 5.75. The maximum Gasteiger partial charge on any atom is 0.255 e. The van der Waals surface area contributed by atoms with Crippen molar-refractivity contribution in [3.63, 3.8) is 0 Å². The van der Waals surface area contributed by atoms with Crippen molar-refractivity contribution in [2.45, 2.75) is 0 Å². The van der Waals surface area contributed by atoms with E-state index in [4.69, 9.17) is 0 Å². The van der Waals surface area contributed by atoms with Crippen molar-refractivity contribution >= 4 is 34.7 Å². The zero-order valence-corrected chi connectivity index (χ0v) is 16.0. The van der Waals surface area contributed by atoms with Gasteiger partial charge in [-0.1, -0.05) is 6.07 Å². The summed E-state index contributed by atoms with van der Waals surface area (Å²) in [4.78, 5) is 24.3. The molecule has 0 atom stereocenters. The first kappa shape index (κ1) is 19.9. The van der Waals surface area contributed by atoms with Gasteiger partial charge in [0.25, 0.3) is 5.91 Å². The van der Waals surface area contributed by atoms with E-state index in [1.54, 1.807) is 36.4 Å². The number of hydrogen-bond acceptors (Lipinski definition) is 6. The van der Waals surface area contributed by atoms with Gasteiger partial charge in [0.1, 0.15) is 5.82 Å². The van der Waals surface area contributed by atoms with Crippen molar-refractivity contribution in [2.75, 3.05) is 16.0 Å². The number of halogens is 2. The quantitative estimate of drug-likeness (QED) is 0.413. The Morgan fingerprint density at radius 2 is 1.58 bits per heavy atom. The summed E-state index contributed by atoms with van der Waals surface area (Å²) in [6, 6.07) is 15.6. The first-order valence-electron chi connectivity index (χ1n) is 9.20. The number of aromatic nitrogens is 3. The highest BCUT2D eigenvalue weighted by atomic mass is 19.1. The van der Waals surface area contributed by atoms with Crippen LogP contribution in [0.5, 0.6) is 0 Å². The number of benzene rings is 2. The maximum atomic E-state index is 14.1. The molecule has 9 heteroatoms. The third-order valence-electron chi connectivity index (χ3n) is 4.17. The normalized spacial score (nSPS) is 10.4. The SMILES string of the molecule is O=C(Nc1cccc(Nc2ncc(F)c(Nc3ccc(F)cc3)n2)c1)c1ccncc1. The molecule has 2 aromatic carbocycles. The number of nitrogens with zero attached hydrogens (tertiary/aromatic N) is 3. The van der Waals surface area contributed by atoms with Crippen molar-refractivity contribution in [1.29, 1.82) is 0 Å². The van der Waals surface area contributed by atoms with Crippen LogP contribution in [0.4, 0.5) is 37.6 Å². The monoisotopic (exact) mass is 418 g/mol. The number of hydrogen-bond donors (Lipinski definition) is 3. The minimum atomic E-state index is -0.659.